The van der Waals surface area contributed by atoms with Crippen LogP contribution in [0.15, 0.2) is 18.2 Å². The molecule has 0 spiro atoms. The topological polar surface area (TPSA) is 26.3 Å². The van der Waals surface area contributed by atoms with Crippen molar-refractivity contribution >= 4 is 17.6 Å². The molecule has 6 heteroatoms. The van der Waals surface area contributed by atoms with E-state index in [-0.39, 0.29) is 12.2 Å². The smallest absolute Gasteiger partial charge is 0.392 e. The van der Waals surface area contributed by atoms with Crippen molar-refractivity contribution in [3.8, 4) is 0 Å². The molecule has 0 radical (unpaired) electrons. The number of hydrogen-bond acceptors (Lipinski definition) is 2. The van der Waals surface area contributed by atoms with Gasteiger partial charge in [-0.05, 0) is 31.0 Å². The van der Waals surface area contributed by atoms with E-state index >= 15 is 0 Å². The van der Waals surface area contributed by atoms with Gasteiger partial charge in [-0.3, -0.25) is 4.79 Å². The molecule has 112 valence electrons. The maximum absolute atomic E-state index is 12.9. The lowest BCUT2D eigenvalue weighted by molar-refractivity contribution is -0.185. The van der Waals surface area contributed by atoms with Crippen LogP contribution in [0, 0.1) is 12.8 Å². The predicted molar refractivity (Wildman–Crippen MR) is 70.8 cm³/mol. The normalized spacial score (nSPS) is 14.8. The zero-order valence-corrected chi connectivity index (χ0v) is 12.2. The van der Waals surface area contributed by atoms with Gasteiger partial charge >= 0.3 is 12.1 Å². The zero-order valence-electron chi connectivity index (χ0n) is 11.4. The van der Waals surface area contributed by atoms with Crippen LogP contribution in [0.25, 0.3) is 0 Å². The Morgan fingerprint density at radius 2 is 2.00 bits per heavy atom. The monoisotopic (exact) mass is 308 g/mol. The third-order valence-corrected chi connectivity index (χ3v) is 3.52. The summed E-state index contributed by atoms with van der Waals surface area (Å²) in [6.07, 6.45) is -4.48. The fourth-order valence-corrected chi connectivity index (χ4v) is 2.03. The number of aryl methyl sites for hydroxylation is 1. The summed E-state index contributed by atoms with van der Waals surface area (Å²) in [7, 11) is 0. The third-order valence-electron chi connectivity index (χ3n) is 3.10. The first kappa shape index (κ1) is 16.8. The first-order valence-corrected chi connectivity index (χ1v) is 6.55. The van der Waals surface area contributed by atoms with E-state index in [2.05, 4.69) is 0 Å². The summed E-state index contributed by atoms with van der Waals surface area (Å²) in [6, 6.07) is 4.41. The molecular weight excluding hydrogens is 293 g/mol. The molecule has 0 bridgehead atoms. The second-order valence-electron chi connectivity index (χ2n) is 4.57. The summed E-state index contributed by atoms with van der Waals surface area (Å²) in [4.78, 5) is 11.9. The van der Waals surface area contributed by atoms with Gasteiger partial charge in [-0.25, -0.2) is 0 Å². The molecule has 1 aromatic rings. The molecule has 1 aromatic carbocycles. The van der Waals surface area contributed by atoms with Crippen molar-refractivity contribution in [1.82, 2.24) is 0 Å². The number of esters is 1. The number of halogens is 4. The molecule has 0 aliphatic heterocycles. The van der Waals surface area contributed by atoms with Crippen LogP contribution in [0.4, 0.5) is 13.2 Å². The number of rotatable bonds is 4. The second kappa shape index (κ2) is 6.48. The van der Waals surface area contributed by atoms with Gasteiger partial charge in [-0.2, -0.15) is 13.2 Å². The van der Waals surface area contributed by atoms with Crippen LogP contribution in [0.5, 0.6) is 0 Å². The standard InChI is InChI=1S/C14H16ClF3O2/c1-4-20-13(19)12(9(3)14(16,17)18)10-5-6-11(15)8(2)7-10/h5-7,9,12H,4H2,1-3H3/t9-,12?/m1/s1. The van der Waals surface area contributed by atoms with Gasteiger partial charge < -0.3 is 4.74 Å². The number of carbonyl (C=O) groups excluding carboxylic acids is 1. The van der Waals surface area contributed by atoms with Crippen LogP contribution in [0.3, 0.4) is 0 Å². The molecule has 0 amide bonds. The number of carbonyl (C=O) groups is 1. The first-order chi connectivity index (χ1) is 9.18. The first-order valence-electron chi connectivity index (χ1n) is 6.17. The van der Waals surface area contributed by atoms with E-state index in [0.717, 1.165) is 6.92 Å². The second-order valence-corrected chi connectivity index (χ2v) is 4.98. The molecule has 0 aliphatic carbocycles. The van der Waals surface area contributed by atoms with E-state index in [0.29, 0.717) is 10.6 Å². The van der Waals surface area contributed by atoms with Crippen molar-refractivity contribution in [2.24, 2.45) is 5.92 Å². The minimum atomic E-state index is -4.48. The van der Waals surface area contributed by atoms with Crippen LogP contribution >= 0.6 is 11.6 Å². The third kappa shape index (κ3) is 3.88. The number of benzene rings is 1. The molecule has 0 fully saturated rings. The Kier molecular flexibility index (Phi) is 5.45. The van der Waals surface area contributed by atoms with E-state index in [1.54, 1.807) is 13.8 Å². The van der Waals surface area contributed by atoms with Crippen LogP contribution in [0.2, 0.25) is 5.02 Å². The van der Waals surface area contributed by atoms with Crippen LogP contribution in [0.1, 0.15) is 30.9 Å². The zero-order chi connectivity index (χ0) is 15.5. The lowest BCUT2D eigenvalue weighted by atomic mass is 9.86. The highest BCUT2D eigenvalue weighted by Gasteiger charge is 2.45. The molecular formula is C14H16ClF3O2. The molecule has 0 heterocycles. The quantitative estimate of drug-likeness (QED) is 0.766. The Labute approximate surface area is 120 Å². The Morgan fingerprint density at radius 1 is 1.40 bits per heavy atom. The van der Waals surface area contributed by atoms with Crippen molar-refractivity contribution in [2.75, 3.05) is 6.61 Å². The van der Waals surface area contributed by atoms with Gasteiger partial charge in [-0.1, -0.05) is 30.7 Å². The van der Waals surface area contributed by atoms with Crippen LogP contribution in [-0.2, 0) is 9.53 Å². The minimum absolute atomic E-state index is 0.0342. The van der Waals surface area contributed by atoms with Gasteiger partial charge in [0.2, 0.25) is 0 Å². The van der Waals surface area contributed by atoms with E-state index in [4.69, 9.17) is 16.3 Å². The molecule has 2 atom stereocenters. The van der Waals surface area contributed by atoms with Gasteiger partial charge in [0.05, 0.1) is 18.4 Å². The minimum Gasteiger partial charge on any atom is -0.466 e. The molecule has 0 N–H and O–H groups in total. The Bertz CT molecular complexity index is 486. The fraction of sp³-hybridized carbons (Fsp3) is 0.500. The molecule has 0 saturated carbocycles. The molecule has 20 heavy (non-hydrogen) atoms. The summed E-state index contributed by atoms with van der Waals surface area (Å²) in [5.41, 5.74) is 0.878. The molecule has 0 saturated heterocycles. The highest BCUT2D eigenvalue weighted by Crippen LogP contribution is 2.38. The summed E-state index contributed by atoms with van der Waals surface area (Å²) >= 11 is 5.86. The van der Waals surface area contributed by atoms with Crippen molar-refractivity contribution < 1.29 is 22.7 Å². The molecule has 1 rings (SSSR count). The summed E-state index contributed by atoms with van der Waals surface area (Å²) in [5.74, 6) is -4.09. The molecule has 1 unspecified atom stereocenters. The maximum Gasteiger partial charge on any atom is 0.392 e. The Morgan fingerprint density at radius 3 is 2.45 bits per heavy atom. The van der Waals surface area contributed by atoms with Crippen molar-refractivity contribution in [2.45, 2.75) is 32.9 Å². The molecule has 2 nitrogen and oxygen atoms in total. The van der Waals surface area contributed by atoms with Crippen LogP contribution in [-0.4, -0.2) is 18.8 Å². The van der Waals surface area contributed by atoms with E-state index < -0.39 is 24.0 Å². The van der Waals surface area contributed by atoms with Gasteiger partial charge in [0.1, 0.15) is 0 Å². The molecule has 0 aromatic heterocycles. The van der Waals surface area contributed by atoms with Crippen molar-refractivity contribution in [1.29, 1.82) is 0 Å². The van der Waals surface area contributed by atoms with E-state index in [1.165, 1.54) is 18.2 Å². The highest BCUT2D eigenvalue weighted by molar-refractivity contribution is 6.31. The predicted octanol–water partition coefficient (Wildman–Crippen LogP) is 4.49. The van der Waals surface area contributed by atoms with E-state index in [1.807, 2.05) is 0 Å². The van der Waals surface area contributed by atoms with Gasteiger partial charge in [0.25, 0.3) is 0 Å². The van der Waals surface area contributed by atoms with Crippen molar-refractivity contribution in [3.05, 3.63) is 34.3 Å². The molecule has 0 aliphatic rings. The number of hydrogen-bond donors (Lipinski definition) is 0. The van der Waals surface area contributed by atoms with Gasteiger partial charge in [0, 0.05) is 5.02 Å². The Balaban J connectivity index is 3.22. The van der Waals surface area contributed by atoms with Crippen LogP contribution < -0.4 is 0 Å². The van der Waals surface area contributed by atoms with Gasteiger partial charge in [-0.15, -0.1) is 0 Å². The van der Waals surface area contributed by atoms with Crippen molar-refractivity contribution in [3.63, 3.8) is 0 Å². The fourth-order valence-electron chi connectivity index (χ4n) is 1.91. The Hall–Kier alpha value is -1.23. The lowest BCUT2D eigenvalue weighted by Gasteiger charge is -2.25. The average molecular weight is 309 g/mol. The average Bonchev–Trinajstić information content (AvgIpc) is 2.33. The lowest BCUT2D eigenvalue weighted by Crippen LogP contribution is -2.32. The summed E-state index contributed by atoms with van der Waals surface area (Å²) in [6.45, 7) is 4.24. The van der Waals surface area contributed by atoms with E-state index in [9.17, 15) is 18.0 Å². The highest BCUT2D eigenvalue weighted by atomic mass is 35.5. The number of alkyl halides is 3. The summed E-state index contributed by atoms with van der Waals surface area (Å²) in [5, 5.41) is 0.441. The summed E-state index contributed by atoms with van der Waals surface area (Å²) < 4.78 is 43.6. The number of ether oxygens (including phenoxy) is 1. The maximum atomic E-state index is 12.9. The van der Waals surface area contributed by atoms with Gasteiger partial charge in [0.15, 0.2) is 0 Å². The largest absolute Gasteiger partial charge is 0.466 e. The SMILES string of the molecule is CCOC(=O)C(c1ccc(Cl)c(C)c1)[C@@H](C)C(F)(F)F.